The number of aliphatic hydroxyl groups is 1. The van der Waals surface area contributed by atoms with Gasteiger partial charge in [0.25, 0.3) is 0 Å². The van der Waals surface area contributed by atoms with Gasteiger partial charge in [0.2, 0.25) is 3.79 Å². The van der Waals surface area contributed by atoms with Crippen LogP contribution < -0.4 is 0 Å². The summed E-state index contributed by atoms with van der Waals surface area (Å²) >= 11 is 17.1. The molecule has 1 nitrogen and oxygen atoms in total. The van der Waals surface area contributed by atoms with Crippen LogP contribution in [0.3, 0.4) is 0 Å². The molecular weight excluding hydrogens is 230 g/mol. The standard InChI is InChI=1S/C9H9Cl3O/c10-9(11,12)8-3-1-2-7(6-8)4-5-13/h1-3,6,13H,4-5H2. The third-order valence-corrected chi connectivity index (χ3v) is 2.31. The van der Waals surface area contributed by atoms with Crippen molar-refractivity contribution in [3.63, 3.8) is 0 Å². The predicted octanol–water partition coefficient (Wildman–Crippen LogP) is 3.05. The summed E-state index contributed by atoms with van der Waals surface area (Å²) in [7, 11) is 0. The summed E-state index contributed by atoms with van der Waals surface area (Å²) in [6.45, 7) is 0.101. The molecule has 0 unspecified atom stereocenters. The molecule has 1 aromatic carbocycles. The van der Waals surface area contributed by atoms with Crippen molar-refractivity contribution in [2.24, 2.45) is 0 Å². The van der Waals surface area contributed by atoms with Gasteiger partial charge in [-0.2, -0.15) is 0 Å². The van der Waals surface area contributed by atoms with Crippen molar-refractivity contribution in [2.45, 2.75) is 10.2 Å². The van der Waals surface area contributed by atoms with Crippen LogP contribution in [-0.2, 0) is 10.2 Å². The monoisotopic (exact) mass is 238 g/mol. The van der Waals surface area contributed by atoms with Crippen LogP contribution in [0.5, 0.6) is 0 Å². The van der Waals surface area contributed by atoms with Gasteiger partial charge in [-0.05, 0) is 12.0 Å². The van der Waals surface area contributed by atoms with Gasteiger partial charge in [-0.3, -0.25) is 0 Å². The zero-order valence-corrected chi connectivity index (χ0v) is 9.07. The topological polar surface area (TPSA) is 20.2 Å². The smallest absolute Gasteiger partial charge is 0.216 e. The first-order valence-electron chi connectivity index (χ1n) is 3.81. The van der Waals surface area contributed by atoms with Crippen molar-refractivity contribution >= 4 is 34.8 Å². The first-order valence-corrected chi connectivity index (χ1v) is 4.94. The van der Waals surface area contributed by atoms with Crippen LogP contribution in [0, 0.1) is 0 Å². The summed E-state index contributed by atoms with van der Waals surface area (Å²) in [4.78, 5) is 0. The highest BCUT2D eigenvalue weighted by Crippen LogP contribution is 2.38. The molecule has 13 heavy (non-hydrogen) atoms. The molecular formula is C9H9Cl3O. The van der Waals surface area contributed by atoms with Gasteiger partial charge < -0.3 is 5.11 Å². The largest absolute Gasteiger partial charge is 0.396 e. The number of benzene rings is 1. The number of rotatable bonds is 2. The second-order valence-corrected chi connectivity index (χ2v) is 4.95. The Morgan fingerprint density at radius 1 is 1.23 bits per heavy atom. The Labute approximate surface area is 92.2 Å². The van der Waals surface area contributed by atoms with E-state index in [4.69, 9.17) is 39.9 Å². The van der Waals surface area contributed by atoms with E-state index in [1.165, 1.54) is 0 Å². The number of halogens is 3. The molecule has 0 aliphatic rings. The first-order chi connectivity index (χ1) is 6.04. The molecule has 0 heterocycles. The highest BCUT2D eigenvalue weighted by atomic mass is 35.6. The Balaban J connectivity index is 2.92. The Bertz CT molecular complexity index is 280. The Hall–Kier alpha value is 0.0500. The van der Waals surface area contributed by atoms with Crippen LogP contribution in [0.1, 0.15) is 11.1 Å². The molecule has 0 saturated carbocycles. The summed E-state index contributed by atoms with van der Waals surface area (Å²) in [5.74, 6) is 0. The predicted molar refractivity (Wildman–Crippen MR) is 56.5 cm³/mol. The molecule has 0 aliphatic heterocycles. The van der Waals surface area contributed by atoms with E-state index in [1.54, 1.807) is 12.1 Å². The quantitative estimate of drug-likeness (QED) is 0.787. The van der Waals surface area contributed by atoms with Gasteiger partial charge in [0.05, 0.1) is 0 Å². The molecule has 0 amide bonds. The summed E-state index contributed by atoms with van der Waals surface area (Å²) in [5, 5.41) is 8.71. The average molecular weight is 240 g/mol. The normalized spacial score (nSPS) is 11.7. The summed E-state index contributed by atoms with van der Waals surface area (Å²) in [5.41, 5.74) is 1.59. The van der Waals surface area contributed by atoms with Gasteiger partial charge in [-0.15, -0.1) is 0 Å². The molecule has 4 heteroatoms. The Morgan fingerprint density at radius 2 is 1.92 bits per heavy atom. The van der Waals surface area contributed by atoms with Crippen molar-refractivity contribution in [3.8, 4) is 0 Å². The van der Waals surface area contributed by atoms with E-state index in [2.05, 4.69) is 0 Å². The van der Waals surface area contributed by atoms with Crippen LogP contribution in [0.25, 0.3) is 0 Å². The van der Waals surface area contributed by atoms with E-state index in [0.717, 1.165) is 5.56 Å². The van der Waals surface area contributed by atoms with E-state index < -0.39 is 3.79 Å². The van der Waals surface area contributed by atoms with E-state index in [-0.39, 0.29) is 6.61 Å². The average Bonchev–Trinajstić information content (AvgIpc) is 2.04. The zero-order valence-electron chi connectivity index (χ0n) is 6.80. The van der Waals surface area contributed by atoms with E-state index >= 15 is 0 Å². The number of alkyl halides is 3. The van der Waals surface area contributed by atoms with Crippen LogP contribution in [0.4, 0.5) is 0 Å². The summed E-state index contributed by atoms with van der Waals surface area (Å²) < 4.78 is -1.38. The molecule has 0 saturated heterocycles. The van der Waals surface area contributed by atoms with E-state index in [9.17, 15) is 0 Å². The fourth-order valence-electron chi connectivity index (χ4n) is 1.03. The fraction of sp³-hybridized carbons (Fsp3) is 0.333. The Morgan fingerprint density at radius 3 is 2.46 bits per heavy atom. The maximum absolute atomic E-state index is 8.71. The first kappa shape index (κ1) is 11.1. The Kier molecular flexibility index (Phi) is 3.87. The lowest BCUT2D eigenvalue weighted by Crippen LogP contribution is -2.01. The molecule has 1 N–H and O–H groups in total. The molecule has 0 fully saturated rings. The second-order valence-electron chi connectivity index (χ2n) is 2.67. The molecule has 0 bridgehead atoms. The van der Waals surface area contributed by atoms with Crippen molar-refractivity contribution in [1.82, 2.24) is 0 Å². The van der Waals surface area contributed by atoms with E-state index in [0.29, 0.717) is 12.0 Å². The fourth-order valence-corrected chi connectivity index (χ4v) is 1.38. The molecule has 0 aromatic heterocycles. The molecule has 72 valence electrons. The van der Waals surface area contributed by atoms with E-state index in [1.807, 2.05) is 12.1 Å². The van der Waals surface area contributed by atoms with Crippen molar-refractivity contribution < 1.29 is 5.11 Å². The lowest BCUT2D eigenvalue weighted by atomic mass is 10.1. The maximum Gasteiger partial charge on any atom is 0.216 e. The van der Waals surface area contributed by atoms with Crippen LogP contribution in [0.2, 0.25) is 0 Å². The third kappa shape index (κ3) is 3.35. The lowest BCUT2D eigenvalue weighted by molar-refractivity contribution is 0.299. The molecule has 0 atom stereocenters. The van der Waals surface area contributed by atoms with Gasteiger partial charge in [0.1, 0.15) is 0 Å². The molecule has 1 aromatic rings. The zero-order chi connectivity index (χ0) is 9.90. The summed E-state index contributed by atoms with van der Waals surface area (Å²) in [6, 6.07) is 7.22. The molecule has 0 spiro atoms. The highest BCUT2D eigenvalue weighted by Gasteiger charge is 2.22. The summed E-state index contributed by atoms with van der Waals surface area (Å²) in [6.07, 6.45) is 0.578. The number of hydrogen-bond donors (Lipinski definition) is 1. The SMILES string of the molecule is OCCc1cccc(C(Cl)(Cl)Cl)c1. The molecule has 1 rings (SSSR count). The van der Waals surface area contributed by atoms with Crippen molar-refractivity contribution in [2.75, 3.05) is 6.61 Å². The minimum Gasteiger partial charge on any atom is -0.396 e. The lowest BCUT2D eigenvalue weighted by Gasteiger charge is -2.11. The van der Waals surface area contributed by atoms with Crippen LogP contribution in [0.15, 0.2) is 24.3 Å². The van der Waals surface area contributed by atoms with Gasteiger partial charge in [0.15, 0.2) is 0 Å². The number of aliphatic hydroxyl groups excluding tert-OH is 1. The van der Waals surface area contributed by atoms with Gasteiger partial charge in [0, 0.05) is 12.2 Å². The maximum atomic E-state index is 8.71. The van der Waals surface area contributed by atoms with Gasteiger partial charge in [-0.1, -0.05) is 59.1 Å². The van der Waals surface area contributed by atoms with Crippen LogP contribution in [-0.4, -0.2) is 11.7 Å². The molecule has 0 radical (unpaired) electrons. The molecule has 0 aliphatic carbocycles. The number of hydrogen-bond acceptors (Lipinski definition) is 1. The highest BCUT2D eigenvalue weighted by molar-refractivity contribution is 6.66. The van der Waals surface area contributed by atoms with Crippen molar-refractivity contribution in [3.05, 3.63) is 35.4 Å². The van der Waals surface area contributed by atoms with Crippen molar-refractivity contribution in [1.29, 1.82) is 0 Å². The van der Waals surface area contributed by atoms with Crippen LogP contribution >= 0.6 is 34.8 Å². The van der Waals surface area contributed by atoms with Gasteiger partial charge >= 0.3 is 0 Å². The minimum absolute atomic E-state index is 0.101. The minimum atomic E-state index is -1.38. The second kappa shape index (κ2) is 4.52. The third-order valence-electron chi connectivity index (χ3n) is 1.65. The van der Waals surface area contributed by atoms with Gasteiger partial charge in [-0.25, -0.2) is 0 Å².